The number of benzene rings is 1. The highest BCUT2D eigenvalue weighted by Crippen LogP contribution is 2.31. The highest BCUT2D eigenvalue weighted by Gasteiger charge is 2.17. The van der Waals surface area contributed by atoms with Gasteiger partial charge in [0.1, 0.15) is 5.75 Å². The lowest BCUT2D eigenvalue weighted by atomic mass is 9.83. The molecule has 1 saturated carbocycles. The Morgan fingerprint density at radius 2 is 1.74 bits per heavy atom. The Morgan fingerprint density at radius 3 is 2.26 bits per heavy atom. The van der Waals surface area contributed by atoms with Crippen molar-refractivity contribution in [2.45, 2.75) is 46.0 Å². The Morgan fingerprint density at radius 1 is 1.16 bits per heavy atom. The topological polar surface area (TPSA) is 40.5 Å². The molecule has 0 aromatic heterocycles. The van der Waals surface area contributed by atoms with Crippen LogP contribution in [0.5, 0.6) is 5.75 Å². The predicted molar refractivity (Wildman–Crippen MR) is 79.2 cm³/mol. The third-order valence-corrected chi connectivity index (χ3v) is 4.18. The second-order valence-electron chi connectivity index (χ2n) is 5.72. The molecule has 0 amide bonds. The minimum atomic E-state index is 0.142. The van der Waals surface area contributed by atoms with E-state index in [1.54, 1.807) is 0 Å². The molecular weight excluding hydrogens is 236 g/mol. The summed E-state index contributed by atoms with van der Waals surface area (Å²) >= 11 is 0. The number of aliphatic hydroxyl groups excluding tert-OH is 1. The van der Waals surface area contributed by atoms with E-state index >= 15 is 0 Å². The molecule has 1 aromatic rings. The van der Waals surface area contributed by atoms with Crippen molar-refractivity contribution in [3.05, 3.63) is 34.4 Å². The van der Waals surface area contributed by atoms with Crippen molar-refractivity contribution < 1.29 is 10.2 Å². The third-order valence-electron chi connectivity index (χ3n) is 4.18. The van der Waals surface area contributed by atoms with Crippen LogP contribution in [0.4, 0.5) is 0 Å². The molecule has 0 unspecified atom stereocenters. The fourth-order valence-corrected chi connectivity index (χ4v) is 3.05. The van der Waals surface area contributed by atoms with Gasteiger partial charge in [0.25, 0.3) is 0 Å². The van der Waals surface area contributed by atoms with Crippen LogP contribution in [0.15, 0.2) is 17.7 Å². The van der Waals surface area contributed by atoms with E-state index in [9.17, 15) is 10.2 Å². The van der Waals surface area contributed by atoms with E-state index in [1.165, 1.54) is 32.1 Å². The molecule has 2 N–H and O–H groups in total. The van der Waals surface area contributed by atoms with Gasteiger partial charge in [-0.2, -0.15) is 0 Å². The molecule has 0 radical (unpaired) electrons. The van der Waals surface area contributed by atoms with Crippen molar-refractivity contribution in [2.75, 3.05) is 6.61 Å². The van der Waals surface area contributed by atoms with Crippen molar-refractivity contribution in [1.29, 1.82) is 0 Å². The van der Waals surface area contributed by atoms with Gasteiger partial charge >= 0.3 is 0 Å². The molecule has 1 aliphatic carbocycles. The Hall–Kier alpha value is -1.28. The van der Waals surface area contributed by atoms with E-state index in [0.29, 0.717) is 11.7 Å². The Bertz CT molecular complexity index is 445. The lowest BCUT2D eigenvalue weighted by Crippen LogP contribution is -2.11. The Kier molecular flexibility index (Phi) is 4.65. The predicted octanol–water partition coefficient (Wildman–Crippen LogP) is 3.97. The average molecular weight is 260 g/mol. The Labute approximate surface area is 115 Å². The van der Waals surface area contributed by atoms with Crippen molar-refractivity contribution in [1.82, 2.24) is 0 Å². The van der Waals surface area contributed by atoms with Crippen LogP contribution in [0.25, 0.3) is 6.08 Å². The largest absolute Gasteiger partial charge is 0.507 e. The fraction of sp³-hybridized carbons (Fsp3) is 0.529. The number of hydrogen-bond acceptors (Lipinski definition) is 2. The zero-order valence-corrected chi connectivity index (χ0v) is 11.9. The van der Waals surface area contributed by atoms with Crippen LogP contribution in [0.2, 0.25) is 0 Å². The zero-order valence-electron chi connectivity index (χ0n) is 11.9. The number of hydrogen-bond donors (Lipinski definition) is 2. The van der Waals surface area contributed by atoms with E-state index < -0.39 is 0 Å². The van der Waals surface area contributed by atoms with Crippen molar-refractivity contribution in [3.63, 3.8) is 0 Å². The summed E-state index contributed by atoms with van der Waals surface area (Å²) in [6.07, 6.45) is 8.37. The molecule has 1 fully saturated rings. The van der Waals surface area contributed by atoms with Crippen LogP contribution in [-0.2, 0) is 0 Å². The summed E-state index contributed by atoms with van der Waals surface area (Å²) < 4.78 is 0. The van der Waals surface area contributed by atoms with Gasteiger partial charge in [-0.1, -0.05) is 25.3 Å². The van der Waals surface area contributed by atoms with E-state index in [0.717, 1.165) is 22.3 Å². The Balaban J connectivity index is 2.26. The quantitative estimate of drug-likeness (QED) is 0.863. The molecule has 2 nitrogen and oxygen atoms in total. The van der Waals surface area contributed by atoms with Crippen LogP contribution in [0.3, 0.4) is 0 Å². The molecular formula is C17H24O2. The molecule has 0 aliphatic heterocycles. The molecule has 104 valence electrons. The van der Waals surface area contributed by atoms with Crippen LogP contribution in [0, 0.1) is 19.8 Å². The maximum atomic E-state index is 9.80. The van der Waals surface area contributed by atoms with E-state index in [2.05, 4.69) is 6.08 Å². The van der Waals surface area contributed by atoms with E-state index in [-0.39, 0.29) is 6.61 Å². The van der Waals surface area contributed by atoms with Gasteiger partial charge in [0.15, 0.2) is 0 Å². The van der Waals surface area contributed by atoms with Crippen molar-refractivity contribution in [2.24, 2.45) is 5.92 Å². The summed E-state index contributed by atoms with van der Waals surface area (Å²) in [4.78, 5) is 0. The monoisotopic (exact) mass is 260 g/mol. The van der Waals surface area contributed by atoms with Gasteiger partial charge in [-0.15, -0.1) is 0 Å². The van der Waals surface area contributed by atoms with Gasteiger partial charge < -0.3 is 10.2 Å². The van der Waals surface area contributed by atoms with Crippen LogP contribution >= 0.6 is 0 Å². The second-order valence-corrected chi connectivity index (χ2v) is 5.72. The molecule has 2 heteroatoms. The van der Waals surface area contributed by atoms with Gasteiger partial charge in [0.2, 0.25) is 0 Å². The number of aryl methyl sites for hydroxylation is 2. The highest BCUT2D eigenvalue weighted by atomic mass is 16.3. The highest BCUT2D eigenvalue weighted by molar-refractivity contribution is 5.58. The molecule has 0 spiro atoms. The molecule has 0 bridgehead atoms. The van der Waals surface area contributed by atoms with Gasteiger partial charge in [0.05, 0.1) is 6.61 Å². The van der Waals surface area contributed by atoms with Crippen molar-refractivity contribution in [3.8, 4) is 5.75 Å². The maximum Gasteiger partial charge on any atom is 0.121 e. The molecule has 19 heavy (non-hydrogen) atoms. The fourth-order valence-electron chi connectivity index (χ4n) is 3.05. The molecule has 1 aromatic carbocycles. The SMILES string of the molecule is Cc1cc(C=C(CO)C2CCCCC2)cc(C)c1O. The first-order chi connectivity index (χ1) is 9.11. The van der Waals surface area contributed by atoms with Crippen LogP contribution < -0.4 is 0 Å². The number of aromatic hydroxyl groups is 1. The number of phenols is 1. The lowest BCUT2D eigenvalue weighted by Gasteiger charge is -2.23. The summed E-state index contributed by atoms with van der Waals surface area (Å²) in [6.45, 7) is 3.97. The number of rotatable bonds is 3. The van der Waals surface area contributed by atoms with Gasteiger partial charge in [-0.05, 0) is 67.0 Å². The average Bonchev–Trinajstić information content (AvgIpc) is 2.43. The summed E-state index contributed by atoms with van der Waals surface area (Å²) in [5.41, 5.74) is 4.02. The second kappa shape index (κ2) is 6.25. The molecule has 2 rings (SSSR count). The minimum absolute atomic E-state index is 0.142. The van der Waals surface area contributed by atoms with Crippen molar-refractivity contribution >= 4 is 6.08 Å². The normalized spacial score (nSPS) is 17.7. The first-order valence-corrected chi connectivity index (χ1v) is 7.23. The summed E-state index contributed by atoms with van der Waals surface area (Å²) in [5, 5.41) is 19.4. The first kappa shape index (κ1) is 14.1. The van der Waals surface area contributed by atoms with Gasteiger partial charge in [-0.3, -0.25) is 0 Å². The maximum absolute atomic E-state index is 9.80. The summed E-state index contributed by atoms with van der Waals surface area (Å²) in [6, 6.07) is 3.97. The van der Waals surface area contributed by atoms with Gasteiger partial charge in [-0.25, -0.2) is 0 Å². The molecule has 0 saturated heterocycles. The van der Waals surface area contributed by atoms with E-state index in [4.69, 9.17) is 0 Å². The molecule has 0 heterocycles. The zero-order chi connectivity index (χ0) is 13.8. The third kappa shape index (κ3) is 3.38. The number of phenolic OH excluding ortho intramolecular Hbond substituents is 1. The van der Waals surface area contributed by atoms with E-state index in [1.807, 2.05) is 26.0 Å². The molecule has 0 atom stereocenters. The van der Waals surface area contributed by atoms with Gasteiger partial charge in [0, 0.05) is 0 Å². The lowest BCUT2D eigenvalue weighted by molar-refractivity contribution is 0.295. The minimum Gasteiger partial charge on any atom is -0.507 e. The number of aliphatic hydroxyl groups is 1. The van der Waals surface area contributed by atoms with Crippen LogP contribution in [0.1, 0.15) is 48.8 Å². The first-order valence-electron chi connectivity index (χ1n) is 7.23. The summed E-state index contributed by atoms with van der Waals surface area (Å²) in [7, 11) is 0. The smallest absolute Gasteiger partial charge is 0.121 e. The van der Waals surface area contributed by atoms with Crippen LogP contribution in [-0.4, -0.2) is 16.8 Å². The summed E-state index contributed by atoms with van der Waals surface area (Å²) in [5.74, 6) is 0.911. The standard InChI is InChI=1S/C17H24O2/c1-12-8-14(9-13(2)17(12)19)10-16(11-18)15-6-4-3-5-7-15/h8-10,15,18-19H,3-7,11H2,1-2H3. The molecule has 1 aliphatic rings.